The molecule has 0 radical (unpaired) electrons. The second-order valence-electron chi connectivity index (χ2n) is 11.6. The molecule has 9 rings (SSSR count). The summed E-state index contributed by atoms with van der Waals surface area (Å²) in [5.74, 6) is 1.27. The zero-order valence-corrected chi connectivity index (χ0v) is 23.6. The van der Waals surface area contributed by atoms with Gasteiger partial charge < -0.3 is 4.74 Å². The van der Waals surface area contributed by atoms with E-state index in [-0.39, 0.29) is 12.0 Å². The summed E-state index contributed by atoms with van der Waals surface area (Å²) in [6.07, 6.45) is 8.72. The highest BCUT2D eigenvalue weighted by molar-refractivity contribution is 6.21. The third-order valence-electron chi connectivity index (χ3n) is 9.17. The van der Waals surface area contributed by atoms with Crippen molar-refractivity contribution >= 4 is 32.3 Å². The van der Waals surface area contributed by atoms with Gasteiger partial charge >= 0.3 is 0 Å². The molecule has 2 unspecified atom stereocenters. The Morgan fingerprint density at radius 1 is 0.419 bits per heavy atom. The van der Waals surface area contributed by atoms with Gasteiger partial charge in [-0.3, -0.25) is 0 Å². The largest absolute Gasteiger partial charge is 0.485 e. The lowest BCUT2D eigenvalue weighted by atomic mass is 9.85. The molecule has 0 aromatic heterocycles. The third kappa shape index (κ3) is 3.86. The van der Waals surface area contributed by atoms with Crippen molar-refractivity contribution in [2.45, 2.75) is 12.0 Å². The van der Waals surface area contributed by atoms with Gasteiger partial charge in [0, 0.05) is 11.5 Å². The fourth-order valence-corrected chi connectivity index (χ4v) is 7.17. The van der Waals surface area contributed by atoms with Crippen molar-refractivity contribution in [2.75, 3.05) is 0 Å². The van der Waals surface area contributed by atoms with E-state index >= 15 is 0 Å². The van der Waals surface area contributed by atoms with E-state index in [0.29, 0.717) is 0 Å². The minimum atomic E-state index is 0.0976. The lowest BCUT2D eigenvalue weighted by Crippen LogP contribution is -2.15. The number of hydrogen-bond donors (Lipinski definition) is 0. The Balaban J connectivity index is 1.24. The number of allylic oxidation sites excluding steroid dienone is 2. The average Bonchev–Trinajstić information content (AvgIpc) is 3.45. The second-order valence-corrected chi connectivity index (χ2v) is 11.6. The van der Waals surface area contributed by atoms with Gasteiger partial charge in [-0.2, -0.15) is 0 Å². The first-order chi connectivity index (χ1) is 21.3. The number of benzene rings is 7. The van der Waals surface area contributed by atoms with Crippen LogP contribution in [0.3, 0.4) is 0 Å². The van der Waals surface area contributed by atoms with Crippen LogP contribution in [0.25, 0.3) is 65.7 Å². The summed E-state index contributed by atoms with van der Waals surface area (Å²) in [7, 11) is 0. The van der Waals surface area contributed by atoms with E-state index < -0.39 is 0 Å². The van der Waals surface area contributed by atoms with Crippen LogP contribution in [0.5, 0.6) is 5.75 Å². The Hall–Kier alpha value is -5.40. The van der Waals surface area contributed by atoms with E-state index in [2.05, 4.69) is 158 Å². The standard InChI is InChI=1S/C42H28O/c1-2-11-28-24-32(21-20-27(28)10-1)42-36-17-5-3-15-34(36)41(35-16-4-6-18-37(35)42)31-13-9-12-29(25-31)30-22-23-40-38(26-30)33-14-7-8-19-39(33)43-40/h1-26,33,39H. The first kappa shape index (κ1) is 24.2. The van der Waals surface area contributed by atoms with Gasteiger partial charge in [-0.15, -0.1) is 0 Å². The van der Waals surface area contributed by atoms with Crippen LogP contribution < -0.4 is 4.74 Å². The van der Waals surface area contributed by atoms with Gasteiger partial charge in [0.1, 0.15) is 11.9 Å². The second kappa shape index (κ2) is 9.58. The number of hydrogen-bond acceptors (Lipinski definition) is 1. The highest BCUT2D eigenvalue weighted by Crippen LogP contribution is 2.46. The molecule has 43 heavy (non-hydrogen) atoms. The summed E-state index contributed by atoms with van der Waals surface area (Å²) in [4.78, 5) is 0. The molecular weight excluding hydrogens is 520 g/mol. The van der Waals surface area contributed by atoms with Crippen molar-refractivity contribution in [3.8, 4) is 39.1 Å². The Morgan fingerprint density at radius 2 is 1.00 bits per heavy atom. The maximum atomic E-state index is 6.22. The van der Waals surface area contributed by atoms with Crippen molar-refractivity contribution in [1.82, 2.24) is 0 Å². The molecule has 0 saturated heterocycles. The lowest BCUT2D eigenvalue weighted by Gasteiger charge is -2.18. The molecule has 1 heteroatoms. The molecule has 0 spiro atoms. The molecule has 1 aliphatic heterocycles. The fraction of sp³-hybridized carbons (Fsp3) is 0.0476. The third-order valence-corrected chi connectivity index (χ3v) is 9.17. The van der Waals surface area contributed by atoms with Gasteiger partial charge in [-0.05, 0) is 96.0 Å². The van der Waals surface area contributed by atoms with E-state index in [9.17, 15) is 0 Å². The van der Waals surface area contributed by atoms with Crippen LogP contribution in [0.2, 0.25) is 0 Å². The molecule has 1 heterocycles. The van der Waals surface area contributed by atoms with Crippen LogP contribution in [0.4, 0.5) is 0 Å². The predicted molar refractivity (Wildman–Crippen MR) is 181 cm³/mol. The Bertz CT molecular complexity index is 2230. The maximum Gasteiger partial charge on any atom is 0.128 e. The van der Waals surface area contributed by atoms with Crippen LogP contribution in [0, 0.1) is 0 Å². The van der Waals surface area contributed by atoms with E-state index in [4.69, 9.17) is 4.74 Å². The Kier molecular flexibility index (Phi) is 5.39. The highest BCUT2D eigenvalue weighted by atomic mass is 16.5. The molecule has 1 aliphatic carbocycles. The van der Waals surface area contributed by atoms with Crippen molar-refractivity contribution in [2.24, 2.45) is 0 Å². The van der Waals surface area contributed by atoms with E-state index in [0.717, 1.165) is 5.75 Å². The smallest absolute Gasteiger partial charge is 0.128 e. The molecule has 0 saturated carbocycles. The molecule has 0 fully saturated rings. The molecule has 2 aliphatic rings. The minimum absolute atomic E-state index is 0.0976. The van der Waals surface area contributed by atoms with E-state index in [1.807, 2.05) is 0 Å². The van der Waals surface area contributed by atoms with Crippen molar-refractivity contribution in [3.05, 3.63) is 163 Å². The topological polar surface area (TPSA) is 9.23 Å². The fourth-order valence-electron chi connectivity index (χ4n) is 7.17. The molecule has 7 aromatic rings. The summed E-state index contributed by atoms with van der Waals surface area (Å²) < 4.78 is 6.22. The average molecular weight is 549 g/mol. The van der Waals surface area contributed by atoms with Crippen LogP contribution >= 0.6 is 0 Å². The molecule has 0 N–H and O–H groups in total. The van der Waals surface area contributed by atoms with Crippen LogP contribution in [-0.2, 0) is 0 Å². The molecule has 202 valence electrons. The summed E-state index contributed by atoms with van der Waals surface area (Å²) in [6, 6.07) is 48.9. The zero-order chi connectivity index (χ0) is 28.3. The van der Waals surface area contributed by atoms with Gasteiger partial charge in [-0.1, -0.05) is 127 Å². The molecule has 7 aromatic carbocycles. The van der Waals surface area contributed by atoms with Crippen LogP contribution in [-0.4, -0.2) is 6.10 Å². The van der Waals surface area contributed by atoms with Crippen molar-refractivity contribution in [3.63, 3.8) is 0 Å². The summed E-state index contributed by atoms with van der Waals surface area (Å²) in [5.41, 5.74) is 8.74. The quantitative estimate of drug-likeness (QED) is 0.200. The normalized spacial score (nSPS) is 16.8. The number of fused-ring (bicyclic) bond motifs is 6. The van der Waals surface area contributed by atoms with Gasteiger partial charge in [0.05, 0.1) is 0 Å². The molecule has 0 amide bonds. The Labute approximate surface area is 251 Å². The first-order valence-electron chi connectivity index (χ1n) is 15.0. The molecule has 2 atom stereocenters. The van der Waals surface area contributed by atoms with Crippen LogP contribution in [0.15, 0.2) is 158 Å². The summed E-state index contributed by atoms with van der Waals surface area (Å²) in [5, 5.41) is 7.61. The Morgan fingerprint density at radius 3 is 1.74 bits per heavy atom. The van der Waals surface area contributed by atoms with Gasteiger partial charge in [0.25, 0.3) is 0 Å². The summed E-state index contributed by atoms with van der Waals surface area (Å²) in [6.45, 7) is 0. The van der Waals surface area contributed by atoms with Crippen LogP contribution in [0.1, 0.15) is 11.5 Å². The van der Waals surface area contributed by atoms with Crippen molar-refractivity contribution < 1.29 is 4.74 Å². The monoisotopic (exact) mass is 548 g/mol. The highest BCUT2D eigenvalue weighted by Gasteiger charge is 2.32. The number of ether oxygens (including phenoxy) is 1. The van der Waals surface area contributed by atoms with Gasteiger partial charge in [0.15, 0.2) is 0 Å². The van der Waals surface area contributed by atoms with Gasteiger partial charge in [-0.25, -0.2) is 0 Å². The SMILES string of the molecule is C1=CC2Oc3ccc(-c4cccc(-c5c6ccccc6c(-c6ccc7ccccc7c6)c6ccccc56)c4)cc3C2C=C1. The molecular formula is C42H28O. The van der Waals surface area contributed by atoms with Crippen molar-refractivity contribution in [1.29, 1.82) is 0 Å². The number of rotatable bonds is 3. The zero-order valence-electron chi connectivity index (χ0n) is 23.6. The van der Waals surface area contributed by atoms with Gasteiger partial charge in [0.2, 0.25) is 0 Å². The summed E-state index contributed by atoms with van der Waals surface area (Å²) >= 11 is 0. The van der Waals surface area contributed by atoms with E-state index in [1.165, 1.54) is 71.3 Å². The van der Waals surface area contributed by atoms with E-state index in [1.54, 1.807) is 0 Å². The lowest BCUT2D eigenvalue weighted by molar-refractivity contribution is 0.269. The maximum absolute atomic E-state index is 6.22. The molecule has 1 nitrogen and oxygen atoms in total. The first-order valence-corrected chi connectivity index (χ1v) is 15.0. The predicted octanol–water partition coefficient (Wildman–Crippen LogP) is 11.1. The molecule has 0 bridgehead atoms. The minimum Gasteiger partial charge on any atom is -0.485 e.